The van der Waals surface area contributed by atoms with Crippen molar-refractivity contribution in [1.29, 1.82) is 0 Å². The zero-order valence-electron chi connectivity index (χ0n) is 9.14. The van der Waals surface area contributed by atoms with Gasteiger partial charge in [-0.3, -0.25) is 14.5 Å². The second kappa shape index (κ2) is 3.59. The highest BCUT2D eigenvalue weighted by molar-refractivity contribution is 6.05. The summed E-state index contributed by atoms with van der Waals surface area (Å²) < 4.78 is 0. The molecular formula is C11H17NO3. The molecule has 2 amide bonds. The summed E-state index contributed by atoms with van der Waals surface area (Å²) in [6.07, 6.45) is 1.65. The Labute approximate surface area is 89.3 Å². The van der Waals surface area contributed by atoms with Crippen LogP contribution in [0.2, 0.25) is 0 Å². The number of carbonyl (C=O) groups is 2. The van der Waals surface area contributed by atoms with Crippen LogP contribution in [0.5, 0.6) is 0 Å². The molecule has 2 fully saturated rings. The molecule has 1 aliphatic carbocycles. The molecule has 2 unspecified atom stereocenters. The van der Waals surface area contributed by atoms with Crippen LogP contribution in [0.1, 0.15) is 26.7 Å². The molecule has 4 nitrogen and oxygen atoms in total. The standard InChI is InChI=1S/C11H17NO3/c1-6-3-8-9(4-6)11(15)12(10(8)14)7(2)5-13/h6-9,13H,3-5H2,1-2H3/t6?,7-,8?,9?/m1/s1. The van der Waals surface area contributed by atoms with E-state index in [1.165, 1.54) is 4.90 Å². The predicted octanol–water partition coefficient (Wildman–Crippen LogP) is 0.398. The van der Waals surface area contributed by atoms with Gasteiger partial charge in [-0.15, -0.1) is 0 Å². The Hall–Kier alpha value is -0.900. The molecule has 15 heavy (non-hydrogen) atoms. The molecule has 1 N–H and O–H groups in total. The fraction of sp³-hybridized carbons (Fsp3) is 0.818. The largest absolute Gasteiger partial charge is 0.394 e. The molecule has 0 bridgehead atoms. The number of nitrogens with zero attached hydrogens (tertiary/aromatic N) is 1. The van der Waals surface area contributed by atoms with Crippen LogP contribution < -0.4 is 0 Å². The van der Waals surface area contributed by atoms with E-state index in [9.17, 15) is 9.59 Å². The molecule has 1 saturated heterocycles. The van der Waals surface area contributed by atoms with Crippen molar-refractivity contribution in [2.24, 2.45) is 17.8 Å². The van der Waals surface area contributed by atoms with E-state index in [2.05, 4.69) is 6.92 Å². The van der Waals surface area contributed by atoms with E-state index in [4.69, 9.17) is 5.11 Å². The maximum absolute atomic E-state index is 11.9. The van der Waals surface area contributed by atoms with E-state index in [0.717, 1.165) is 12.8 Å². The molecule has 2 aliphatic rings. The van der Waals surface area contributed by atoms with Crippen LogP contribution in [0.15, 0.2) is 0 Å². The van der Waals surface area contributed by atoms with Crippen molar-refractivity contribution < 1.29 is 14.7 Å². The molecule has 1 heterocycles. The SMILES string of the molecule is CC1CC2C(=O)N([C@H](C)CO)C(=O)C2C1. The first-order valence-electron chi connectivity index (χ1n) is 5.54. The minimum absolute atomic E-state index is 0.0732. The number of imide groups is 1. The fourth-order valence-corrected chi connectivity index (χ4v) is 2.82. The second-order valence-electron chi connectivity index (χ2n) is 4.87. The highest BCUT2D eigenvalue weighted by Crippen LogP contribution is 2.43. The highest BCUT2D eigenvalue weighted by atomic mass is 16.3. The summed E-state index contributed by atoms with van der Waals surface area (Å²) in [4.78, 5) is 25.1. The summed E-state index contributed by atoms with van der Waals surface area (Å²) >= 11 is 0. The quantitative estimate of drug-likeness (QED) is 0.672. The van der Waals surface area contributed by atoms with Crippen molar-refractivity contribution in [2.75, 3.05) is 6.61 Å². The molecule has 0 radical (unpaired) electrons. The molecule has 0 aromatic rings. The average Bonchev–Trinajstić information content (AvgIpc) is 2.67. The number of rotatable bonds is 2. The van der Waals surface area contributed by atoms with Crippen molar-refractivity contribution in [3.05, 3.63) is 0 Å². The van der Waals surface area contributed by atoms with Gasteiger partial charge >= 0.3 is 0 Å². The molecule has 2 rings (SSSR count). The topological polar surface area (TPSA) is 57.6 Å². The number of hydrogen-bond acceptors (Lipinski definition) is 3. The lowest BCUT2D eigenvalue weighted by Gasteiger charge is -2.22. The van der Waals surface area contributed by atoms with E-state index < -0.39 is 0 Å². The van der Waals surface area contributed by atoms with Crippen LogP contribution in [0.3, 0.4) is 0 Å². The molecular weight excluding hydrogens is 194 g/mol. The number of carbonyl (C=O) groups excluding carboxylic acids is 2. The van der Waals surface area contributed by atoms with Crippen molar-refractivity contribution in [3.63, 3.8) is 0 Å². The number of fused-ring (bicyclic) bond motifs is 1. The molecule has 84 valence electrons. The summed E-state index contributed by atoms with van der Waals surface area (Å²) in [5.74, 6) is 0.106. The Balaban J connectivity index is 2.20. The third kappa shape index (κ3) is 1.47. The van der Waals surface area contributed by atoms with Crippen molar-refractivity contribution in [2.45, 2.75) is 32.7 Å². The first kappa shape index (κ1) is 10.6. The summed E-state index contributed by atoms with van der Waals surface area (Å²) in [5.41, 5.74) is 0. The Bertz CT molecular complexity index is 278. The van der Waals surface area contributed by atoms with Gasteiger partial charge in [-0.1, -0.05) is 6.92 Å². The summed E-state index contributed by atoms with van der Waals surface area (Å²) in [6, 6.07) is -0.370. The molecule has 0 aromatic carbocycles. The summed E-state index contributed by atoms with van der Waals surface area (Å²) in [5, 5.41) is 9.00. The molecule has 0 spiro atoms. The van der Waals surface area contributed by atoms with Gasteiger partial charge in [0.05, 0.1) is 24.5 Å². The molecule has 3 atom stereocenters. The van der Waals surface area contributed by atoms with Crippen LogP contribution in [-0.4, -0.2) is 34.5 Å². The van der Waals surface area contributed by atoms with E-state index in [1.807, 2.05) is 0 Å². The molecule has 4 heteroatoms. The third-order valence-electron chi connectivity index (χ3n) is 3.61. The number of aliphatic hydroxyl groups is 1. The number of aliphatic hydroxyl groups excluding tert-OH is 1. The molecule has 0 aromatic heterocycles. The van der Waals surface area contributed by atoms with E-state index in [1.54, 1.807) is 6.92 Å². The predicted molar refractivity (Wildman–Crippen MR) is 53.8 cm³/mol. The van der Waals surface area contributed by atoms with Gasteiger partial charge in [0, 0.05) is 0 Å². The van der Waals surface area contributed by atoms with Gasteiger partial charge in [-0.25, -0.2) is 0 Å². The van der Waals surface area contributed by atoms with Crippen LogP contribution in [0, 0.1) is 17.8 Å². The lowest BCUT2D eigenvalue weighted by molar-refractivity contribution is -0.143. The minimum Gasteiger partial charge on any atom is -0.394 e. The van der Waals surface area contributed by atoms with Gasteiger partial charge in [0.15, 0.2) is 0 Å². The average molecular weight is 211 g/mol. The van der Waals surface area contributed by atoms with E-state index in [-0.39, 0.29) is 36.3 Å². The number of hydrogen-bond donors (Lipinski definition) is 1. The minimum atomic E-state index is -0.370. The van der Waals surface area contributed by atoms with Crippen LogP contribution in [0.4, 0.5) is 0 Å². The Morgan fingerprint density at radius 2 is 1.80 bits per heavy atom. The van der Waals surface area contributed by atoms with Gasteiger partial charge in [-0.05, 0) is 25.7 Å². The molecule has 1 aliphatic heterocycles. The monoisotopic (exact) mass is 211 g/mol. The summed E-state index contributed by atoms with van der Waals surface area (Å²) in [6.45, 7) is 3.64. The first-order chi connectivity index (χ1) is 7.06. The second-order valence-corrected chi connectivity index (χ2v) is 4.87. The van der Waals surface area contributed by atoms with Crippen LogP contribution >= 0.6 is 0 Å². The van der Waals surface area contributed by atoms with E-state index in [0.29, 0.717) is 5.92 Å². The lowest BCUT2D eigenvalue weighted by atomic mass is 10.00. The van der Waals surface area contributed by atoms with Crippen molar-refractivity contribution >= 4 is 11.8 Å². The normalized spacial score (nSPS) is 37.3. The first-order valence-corrected chi connectivity index (χ1v) is 5.54. The smallest absolute Gasteiger partial charge is 0.233 e. The van der Waals surface area contributed by atoms with E-state index >= 15 is 0 Å². The van der Waals surface area contributed by atoms with Gasteiger partial charge in [0.2, 0.25) is 11.8 Å². The van der Waals surface area contributed by atoms with Gasteiger partial charge in [-0.2, -0.15) is 0 Å². The summed E-state index contributed by atoms with van der Waals surface area (Å²) in [7, 11) is 0. The zero-order chi connectivity index (χ0) is 11.2. The fourth-order valence-electron chi connectivity index (χ4n) is 2.82. The van der Waals surface area contributed by atoms with Crippen LogP contribution in [0.25, 0.3) is 0 Å². The van der Waals surface area contributed by atoms with Crippen LogP contribution in [-0.2, 0) is 9.59 Å². The van der Waals surface area contributed by atoms with Gasteiger partial charge in [0.1, 0.15) is 0 Å². The Morgan fingerprint density at radius 3 is 2.20 bits per heavy atom. The number of likely N-dealkylation sites (tertiary alicyclic amines) is 1. The Morgan fingerprint density at radius 1 is 1.33 bits per heavy atom. The lowest BCUT2D eigenvalue weighted by Crippen LogP contribution is -2.41. The van der Waals surface area contributed by atoms with Gasteiger partial charge < -0.3 is 5.11 Å². The third-order valence-corrected chi connectivity index (χ3v) is 3.61. The van der Waals surface area contributed by atoms with Crippen molar-refractivity contribution in [3.8, 4) is 0 Å². The highest BCUT2D eigenvalue weighted by Gasteiger charge is 2.52. The molecule has 1 saturated carbocycles. The zero-order valence-corrected chi connectivity index (χ0v) is 9.14. The maximum atomic E-state index is 11.9. The Kier molecular flexibility index (Phi) is 2.54. The maximum Gasteiger partial charge on any atom is 0.233 e. The van der Waals surface area contributed by atoms with Gasteiger partial charge in [0.25, 0.3) is 0 Å². The number of amides is 2. The van der Waals surface area contributed by atoms with Crippen molar-refractivity contribution in [1.82, 2.24) is 4.90 Å².